The Kier molecular flexibility index (Phi) is 6.54. The van der Waals surface area contributed by atoms with E-state index in [2.05, 4.69) is 0 Å². The highest BCUT2D eigenvalue weighted by molar-refractivity contribution is 7.89. The smallest absolute Gasteiger partial charge is 0.243 e. The minimum absolute atomic E-state index is 0.106. The zero-order valence-corrected chi connectivity index (χ0v) is 17.8. The Hall–Kier alpha value is -1.74. The van der Waals surface area contributed by atoms with Crippen molar-refractivity contribution in [2.45, 2.75) is 24.7 Å². The van der Waals surface area contributed by atoms with Gasteiger partial charge in [0.2, 0.25) is 15.9 Å². The van der Waals surface area contributed by atoms with Gasteiger partial charge in [0.25, 0.3) is 0 Å². The molecule has 28 heavy (non-hydrogen) atoms. The fourth-order valence-corrected chi connectivity index (χ4v) is 5.44. The van der Waals surface area contributed by atoms with E-state index >= 15 is 0 Å². The normalized spacial score (nSPS) is 15.6. The van der Waals surface area contributed by atoms with Crippen molar-refractivity contribution in [1.82, 2.24) is 9.21 Å². The Labute approximate surface area is 173 Å². The molecule has 1 saturated heterocycles. The highest BCUT2D eigenvalue weighted by Crippen LogP contribution is 2.23. The van der Waals surface area contributed by atoms with Crippen LogP contribution < -0.4 is 0 Å². The largest absolute Gasteiger partial charge is 0.340 e. The first-order valence-corrected chi connectivity index (χ1v) is 11.5. The lowest BCUT2D eigenvalue weighted by Crippen LogP contribution is -2.50. The summed E-state index contributed by atoms with van der Waals surface area (Å²) < 4.78 is 27.4. The number of halogens is 1. The summed E-state index contributed by atoms with van der Waals surface area (Å²) in [7, 11) is -3.56. The van der Waals surface area contributed by atoms with Gasteiger partial charge in [0.1, 0.15) is 0 Å². The van der Waals surface area contributed by atoms with E-state index in [-0.39, 0.29) is 42.5 Å². The van der Waals surface area contributed by atoms with Gasteiger partial charge in [0.15, 0.2) is 5.78 Å². The lowest BCUT2D eigenvalue weighted by molar-refractivity contribution is -0.132. The number of piperazine rings is 1. The first kappa shape index (κ1) is 21.0. The number of nitrogens with zero attached hydrogens (tertiary/aromatic N) is 2. The number of sulfonamides is 1. The van der Waals surface area contributed by atoms with E-state index in [1.165, 1.54) is 15.6 Å². The molecule has 1 aromatic carbocycles. The lowest BCUT2D eigenvalue weighted by atomic mass is 10.1. The number of hydrogen-bond donors (Lipinski definition) is 0. The molecular formula is C19H21ClN2O4S2. The van der Waals surface area contributed by atoms with Gasteiger partial charge < -0.3 is 4.90 Å². The number of carbonyl (C=O) groups is 2. The highest BCUT2D eigenvalue weighted by Gasteiger charge is 2.30. The topological polar surface area (TPSA) is 74.8 Å². The highest BCUT2D eigenvalue weighted by atomic mass is 35.5. The number of thiophene rings is 1. The van der Waals surface area contributed by atoms with Gasteiger partial charge in [-0.2, -0.15) is 4.31 Å². The second-order valence-electron chi connectivity index (χ2n) is 6.62. The van der Waals surface area contributed by atoms with Crippen LogP contribution in [0.4, 0.5) is 0 Å². The zero-order chi connectivity index (χ0) is 20.3. The molecular weight excluding hydrogens is 420 g/mol. The molecule has 1 aliphatic rings. The van der Waals surface area contributed by atoms with Crippen molar-refractivity contribution in [3.8, 4) is 0 Å². The maximum absolute atomic E-state index is 12.7. The number of Topliss-reactive ketones (excluding diaryl/α,β-unsaturated/α-hetero) is 1. The molecule has 9 heteroatoms. The van der Waals surface area contributed by atoms with Crippen LogP contribution in [0, 0.1) is 6.92 Å². The van der Waals surface area contributed by atoms with Gasteiger partial charge in [-0.3, -0.25) is 9.59 Å². The molecule has 0 N–H and O–H groups in total. The van der Waals surface area contributed by atoms with Crippen molar-refractivity contribution >= 4 is 44.7 Å². The number of amides is 1. The molecule has 0 aliphatic carbocycles. The van der Waals surface area contributed by atoms with Crippen LogP contribution in [0.15, 0.2) is 41.3 Å². The quantitative estimate of drug-likeness (QED) is 0.646. The van der Waals surface area contributed by atoms with E-state index in [1.54, 1.807) is 41.3 Å². The van der Waals surface area contributed by atoms with E-state index in [0.29, 0.717) is 22.3 Å². The fraction of sp³-hybridized carbons (Fsp3) is 0.368. The lowest BCUT2D eigenvalue weighted by Gasteiger charge is -2.34. The molecule has 150 valence electrons. The molecule has 1 amide bonds. The molecule has 0 saturated carbocycles. The third-order valence-electron chi connectivity index (χ3n) is 4.66. The number of rotatable bonds is 6. The molecule has 6 nitrogen and oxygen atoms in total. The molecule has 1 aromatic heterocycles. The standard InChI is InChI=1S/C19H21ClN2O4S2/c1-14-2-4-15(5-3-14)28(25,26)22-12-10-21(11-13-22)19(24)9-6-16(23)17-7-8-18(20)27-17/h2-5,7-8H,6,9-13H2,1H3. The second kappa shape index (κ2) is 8.73. The van der Waals surface area contributed by atoms with Crippen LogP contribution in [0.3, 0.4) is 0 Å². The van der Waals surface area contributed by atoms with Gasteiger partial charge in [-0.25, -0.2) is 8.42 Å². The molecule has 1 fully saturated rings. The van der Waals surface area contributed by atoms with Gasteiger partial charge in [-0.1, -0.05) is 29.3 Å². The van der Waals surface area contributed by atoms with Crippen LogP contribution in [0.25, 0.3) is 0 Å². The predicted molar refractivity (Wildman–Crippen MR) is 109 cm³/mol. The van der Waals surface area contributed by atoms with E-state index in [4.69, 9.17) is 11.6 Å². The van der Waals surface area contributed by atoms with Crippen LogP contribution >= 0.6 is 22.9 Å². The Bertz CT molecular complexity index is 962. The molecule has 2 heterocycles. The van der Waals surface area contributed by atoms with Gasteiger partial charge in [0.05, 0.1) is 14.1 Å². The van der Waals surface area contributed by atoms with Crippen LogP contribution in [0.1, 0.15) is 28.1 Å². The molecule has 0 atom stereocenters. The predicted octanol–water partition coefficient (Wildman–Crippen LogP) is 3.21. The van der Waals surface area contributed by atoms with Crippen molar-refractivity contribution < 1.29 is 18.0 Å². The fourth-order valence-electron chi connectivity index (χ4n) is 3.00. The van der Waals surface area contributed by atoms with Crippen LogP contribution in [0.2, 0.25) is 4.34 Å². The van der Waals surface area contributed by atoms with Crippen LogP contribution in [0.5, 0.6) is 0 Å². The minimum Gasteiger partial charge on any atom is -0.340 e. The van der Waals surface area contributed by atoms with Gasteiger partial charge in [-0.15, -0.1) is 11.3 Å². The molecule has 0 bridgehead atoms. The minimum atomic E-state index is -3.56. The summed E-state index contributed by atoms with van der Waals surface area (Å²) in [5.74, 6) is -0.241. The van der Waals surface area contributed by atoms with Crippen molar-refractivity contribution in [2.24, 2.45) is 0 Å². The van der Waals surface area contributed by atoms with Crippen LogP contribution in [-0.4, -0.2) is 55.5 Å². The third-order valence-corrected chi connectivity index (χ3v) is 7.85. The Morgan fingerprint density at radius 3 is 2.21 bits per heavy atom. The second-order valence-corrected chi connectivity index (χ2v) is 10.3. The summed E-state index contributed by atoms with van der Waals surface area (Å²) >= 11 is 7.03. The third kappa shape index (κ3) is 4.81. The monoisotopic (exact) mass is 440 g/mol. The van der Waals surface area contributed by atoms with Crippen LogP contribution in [-0.2, 0) is 14.8 Å². The number of hydrogen-bond acceptors (Lipinski definition) is 5. The zero-order valence-electron chi connectivity index (χ0n) is 15.4. The summed E-state index contributed by atoms with van der Waals surface area (Å²) in [4.78, 5) is 26.9. The molecule has 0 radical (unpaired) electrons. The van der Waals surface area contributed by atoms with Gasteiger partial charge in [0, 0.05) is 39.0 Å². The SMILES string of the molecule is Cc1ccc(S(=O)(=O)N2CCN(C(=O)CCC(=O)c3ccc(Cl)s3)CC2)cc1. The molecule has 0 unspecified atom stereocenters. The van der Waals surface area contributed by atoms with Gasteiger partial charge >= 0.3 is 0 Å². The first-order chi connectivity index (χ1) is 13.3. The van der Waals surface area contributed by atoms with E-state index < -0.39 is 10.0 Å². The summed E-state index contributed by atoms with van der Waals surface area (Å²) in [6.45, 7) is 3.04. The average Bonchev–Trinajstić information content (AvgIpc) is 3.13. The molecule has 3 rings (SSSR count). The Balaban J connectivity index is 1.52. The van der Waals surface area contributed by atoms with Crippen molar-refractivity contribution in [3.05, 3.63) is 51.2 Å². The average molecular weight is 441 g/mol. The molecule has 0 spiro atoms. The number of benzene rings is 1. The maximum atomic E-state index is 12.7. The number of aryl methyl sites for hydroxylation is 1. The Morgan fingerprint density at radius 2 is 1.64 bits per heavy atom. The van der Waals surface area contributed by atoms with Crippen molar-refractivity contribution in [1.29, 1.82) is 0 Å². The number of carbonyl (C=O) groups excluding carboxylic acids is 2. The van der Waals surface area contributed by atoms with Crippen molar-refractivity contribution in [3.63, 3.8) is 0 Å². The van der Waals surface area contributed by atoms with E-state index in [1.807, 2.05) is 6.92 Å². The van der Waals surface area contributed by atoms with Crippen molar-refractivity contribution in [2.75, 3.05) is 26.2 Å². The maximum Gasteiger partial charge on any atom is 0.243 e. The van der Waals surface area contributed by atoms with E-state index in [9.17, 15) is 18.0 Å². The first-order valence-electron chi connectivity index (χ1n) is 8.90. The number of ketones is 1. The summed E-state index contributed by atoms with van der Waals surface area (Å²) in [6.07, 6.45) is 0.233. The molecule has 1 aliphatic heterocycles. The summed E-state index contributed by atoms with van der Waals surface area (Å²) in [5, 5.41) is 0. The van der Waals surface area contributed by atoms with Gasteiger partial charge in [-0.05, 0) is 31.2 Å². The molecule has 2 aromatic rings. The Morgan fingerprint density at radius 1 is 1.00 bits per heavy atom. The van der Waals surface area contributed by atoms with E-state index in [0.717, 1.165) is 5.56 Å². The summed E-state index contributed by atoms with van der Waals surface area (Å²) in [6, 6.07) is 10.1. The summed E-state index contributed by atoms with van der Waals surface area (Å²) in [5.41, 5.74) is 0.994.